The van der Waals surface area contributed by atoms with E-state index in [0.29, 0.717) is 6.54 Å². The quantitative estimate of drug-likeness (QED) is 0.756. The van der Waals surface area contributed by atoms with Gasteiger partial charge in [-0.1, -0.05) is 29.8 Å². The van der Waals surface area contributed by atoms with Crippen LogP contribution in [0.4, 0.5) is 0 Å². The van der Waals surface area contributed by atoms with Crippen LogP contribution in [-0.4, -0.2) is 27.1 Å². The van der Waals surface area contributed by atoms with E-state index >= 15 is 0 Å². The highest BCUT2D eigenvalue weighted by molar-refractivity contribution is 5.72. The van der Waals surface area contributed by atoms with Crippen molar-refractivity contribution in [3.05, 3.63) is 65.2 Å². The number of carbonyl (C=O) groups excluding carboxylic acids is 1. The molecule has 0 atom stereocenters. The molecule has 4 rings (SSSR count). The van der Waals surface area contributed by atoms with Gasteiger partial charge in [0.15, 0.2) is 0 Å². The maximum absolute atomic E-state index is 11.1. The van der Waals surface area contributed by atoms with Gasteiger partial charge in [0, 0.05) is 25.6 Å². The van der Waals surface area contributed by atoms with Gasteiger partial charge in [0.25, 0.3) is 0 Å². The number of aromatic nitrogens is 2. The zero-order chi connectivity index (χ0) is 18.8. The zero-order valence-electron chi connectivity index (χ0n) is 15.7. The van der Waals surface area contributed by atoms with Gasteiger partial charge in [-0.2, -0.15) is 5.10 Å². The van der Waals surface area contributed by atoms with Crippen molar-refractivity contribution < 1.29 is 9.21 Å². The number of nitrogens with one attached hydrogen (secondary N) is 1. The van der Waals surface area contributed by atoms with Gasteiger partial charge in [-0.15, -0.1) is 0 Å². The van der Waals surface area contributed by atoms with Crippen molar-refractivity contribution in [3.63, 3.8) is 0 Å². The minimum absolute atomic E-state index is 0.0372. The molecule has 1 aliphatic rings. The number of aryl methyl sites for hydroxylation is 1. The average molecular weight is 364 g/mol. The largest absolute Gasteiger partial charge is 0.460 e. The number of hydrogen-bond donors (Lipinski definition) is 1. The smallest absolute Gasteiger partial charge is 0.217 e. The molecule has 3 heterocycles. The first kappa shape index (κ1) is 17.5. The van der Waals surface area contributed by atoms with Crippen LogP contribution in [0.5, 0.6) is 0 Å². The molecule has 0 aliphatic carbocycles. The number of hydrogen-bond acceptors (Lipinski definition) is 4. The molecule has 0 saturated carbocycles. The molecule has 0 bridgehead atoms. The number of fused-ring (bicyclic) bond motifs is 1. The van der Waals surface area contributed by atoms with Gasteiger partial charge in [-0.05, 0) is 25.1 Å². The summed E-state index contributed by atoms with van der Waals surface area (Å²) in [5.74, 6) is 1.84. The maximum atomic E-state index is 11.1. The third-order valence-electron chi connectivity index (χ3n) is 4.82. The number of benzene rings is 1. The fourth-order valence-corrected chi connectivity index (χ4v) is 3.37. The molecular formula is C21H24N4O2. The summed E-state index contributed by atoms with van der Waals surface area (Å²) in [6.07, 6.45) is 0. The first-order valence-electron chi connectivity index (χ1n) is 9.25. The minimum atomic E-state index is -0.0372. The first-order valence-corrected chi connectivity index (χ1v) is 9.25. The van der Waals surface area contributed by atoms with Crippen molar-refractivity contribution in [2.45, 2.75) is 40.0 Å². The van der Waals surface area contributed by atoms with Crippen LogP contribution in [0.2, 0.25) is 0 Å². The van der Waals surface area contributed by atoms with Crippen LogP contribution in [0.25, 0.3) is 11.3 Å². The second kappa shape index (κ2) is 7.40. The van der Waals surface area contributed by atoms with Crippen molar-refractivity contribution in [1.82, 2.24) is 20.0 Å². The van der Waals surface area contributed by atoms with Crippen molar-refractivity contribution in [3.8, 4) is 11.3 Å². The fourth-order valence-electron chi connectivity index (χ4n) is 3.37. The molecule has 0 fully saturated rings. The summed E-state index contributed by atoms with van der Waals surface area (Å²) in [4.78, 5) is 13.4. The standard InChI is InChI=1S/C21H24N4O2/c1-15-3-5-17(6-4-15)21-8-7-20(27-21)14-24-9-10-25-19(13-24)11-18(23-25)12-22-16(2)26/h3-8,11H,9-10,12-14H2,1-2H3,(H,22,26). The van der Waals surface area contributed by atoms with Gasteiger partial charge < -0.3 is 9.73 Å². The van der Waals surface area contributed by atoms with Crippen LogP contribution in [0.15, 0.2) is 46.9 Å². The fraction of sp³-hybridized carbons (Fsp3) is 0.333. The summed E-state index contributed by atoms with van der Waals surface area (Å²) in [6, 6.07) is 14.6. The topological polar surface area (TPSA) is 63.3 Å². The molecule has 1 N–H and O–H groups in total. The summed E-state index contributed by atoms with van der Waals surface area (Å²) in [5, 5.41) is 7.37. The van der Waals surface area contributed by atoms with E-state index in [9.17, 15) is 4.79 Å². The highest BCUT2D eigenvalue weighted by Gasteiger charge is 2.19. The number of carbonyl (C=O) groups is 1. The van der Waals surface area contributed by atoms with Gasteiger partial charge in [0.1, 0.15) is 11.5 Å². The van der Waals surface area contributed by atoms with Gasteiger partial charge in [-0.25, -0.2) is 0 Å². The van der Waals surface area contributed by atoms with Crippen LogP contribution in [0.3, 0.4) is 0 Å². The monoisotopic (exact) mass is 364 g/mol. The molecule has 27 heavy (non-hydrogen) atoms. The van der Waals surface area contributed by atoms with Crippen LogP contribution in [-0.2, 0) is 31.0 Å². The van der Waals surface area contributed by atoms with Crippen molar-refractivity contribution in [2.75, 3.05) is 6.54 Å². The Labute approximate surface area is 158 Å². The van der Waals surface area contributed by atoms with Crippen molar-refractivity contribution in [1.29, 1.82) is 0 Å². The van der Waals surface area contributed by atoms with Gasteiger partial charge >= 0.3 is 0 Å². The summed E-state index contributed by atoms with van der Waals surface area (Å²) in [7, 11) is 0. The average Bonchev–Trinajstić information content (AvgIpc) is 3.27. The number of rotatable bonds is 5. The molecule has 2 aromatic heterocycles. The number of furan rings is 1. The van der Waals surface area contributed by atoms with E-state index in [4.69, 9.17) is 4.42 Å². The predicted octanol–water partition coefficient (Wildman–Crippen LogP) is 3.10. The van der Waals surface area contributed by atoms with Crippen LogP contribution >= 0.6 is 0 Å². The van der Waals surface area contributed by atoms with Gasteiger partial charge in [-0.3, -0.25) is 14.4 Å². The van der Waals surface area contributed by atoms with Crippen molar-refractivity contribution >= 4 is 5.91 Å². The number of amides is 1. The van der Waals surface area contributed by atoms with E-state index in [1.165, 1.54) is 18.2 Å². The lowest BCUT2D eigenvalue weighted by atomic mass is 10.1. The van der Waals surface area contributed by atoms with Crippen LogP contribution < -0.4 is 5.32 Å². The third kappa shape index (κ3) is 4.11. The molecule has 140 valence electrons. The zero-order valence-corrected chi connectivity index (χ0v) is 15.7. The van der Waals surface area contributed by atoms with Crippen molar-refractivity contribution in [2.24, 2.45) is 0 Å². The Morgan fingerprint density at radius 1 is 1.19 bits per heavy atom. The van der Waals surface area contributed by atoms with Crippen LogP contribution in [0.1, 0.15) is 29.6 Å². The Morgan fingerprint density at radius 2 is 2.00 bits per heavy atom. The highest BCUT2D eigenvalue weighted by atomic mass is 16.3. The molecule has 0 radical (unpaired) electrons. The Kier molecular flexibility index (Phi) is 4.81. The van der Waals surface area contributed by atoms with Crippen LogP contribution in [0, 0.1) is 6.92 Å². The molecular weight excluding hydrogens is 340 g/mol. The van der Waals surface area contributed by atoms with E-state index in [2.05, 4.69) is 58.6 Å². The molecule has 0 saturated heterocycles. The lowest BCUT2D eigenvalue weighted by Gasteiger charge is -2.26. The molecule has 1 aromatic carbocycles. The first-order chi connectivity index (χ1) is 13.1. The normalized spacial score (nSPS) is 14.1. The lowest BCUT2D eigenvalue weighted by Crippen LogP contribution is -2.33. The lowest BCUT2D eigenvalue weighted by molar-refractivity contribution is -0.119. The van der Waals surface area contributed by atoms with E-state index in [-0.39, 0.29) is 5.91 Å². The van der Waals surface area contributed by atoms with E-state index in [0.717, 1.165) is 49.0 Å². The Balaban J connectivity index is 1.40. The molecule has 1 aliphatic heterocycles. The summed E-state index contributed by atoms with van der Waals surface area (Å²) >= 11 is 0. The molecule has 6 nitrogen and oxygen atoms in total. The third-order valence-corrected chi connectivity index (χ3v) is 4.82. The van der Waals surface area contributed by atoms with E-state index < -0.39 is 0 Å². The Morgan fingerprint density at radius 3 is 2.78 bits per heavy atom. The molecule has 0 unspecified atom stereocenters. The summed E-state index contributed by atoms with van der Waals surface area (Å²) in [6.45, 7) is 7.46. The van der Waals surface area contributed by atoms with Gasteiger partial charge in [0.2, 0.25) is 5.91 Å². The highest BCUT2D eigenvalue weighted by Crippen LogP contribution is 2.24. The molecule has 1 amide bonds. The number of nitrogens with zero attached hydrogens (tertiary/aromatic N) is 3. The summed E-state index contributed by atoms with van der Waals surface area (Å²) < 4.78 is 8.09. The minimum Gasteiger partial charge on any atom is -0.460 e. The van der Waals surface area contributed by atoms with E-state index in [1.54, 1.807) is 0 Å². The van der Waals surface area contributed by atoms with Gasteiger partial charge in [0.05, 0.1) is 31.0 Å². The SMILES string of the molecule is CC(=O)NCc1cc2n(n1)CCN(Cc1ccc(-c3ccc(C)cc3)o1)C2. The summed E-state index contributed by atoms with van der Waals surface area (Å²) in [5.41, 5.74) is 4.42. The predicted molar refractivity (Wildman–Crippen MR) is 103 cm³/mol. The molecule has 0 spiro atoms. The Bertz CT molecular complexity index is 940. The molecule has 6 heteroatoms. The maximum Gasteiger partial charge on any atom is 0.217 e. The second-order valence-corrected chi connectivity index (χ2v) is 7.10. The van der Waals surface area contributed by atoms with E-state index in [1.807, 2.05) is 10.7 Å². The second-order valence-electron chi connectivity index (χ2n) is 7.10. The molecule has 3 aromatic rings. The Hall–Kier alpha value is -2.86.